The van der Waals surface area contributed by atoms with Gasteiger partial charge in [0.1, 0.15) is 6.26 Å². The van der Waals surface area contributed by atoms with Gasteiger partial charge in [-0.05, 0) is 19.8 Å². The zero-order valence-electron chi connectivity index (χ0n) is 11.0. The van der Waals surface area contributed by atoms with Gasteiger partial charge in [0.25, 0.3) is 0 Å². The summed E-state index contributed by atoms with van der Waals surface area (Å²) in [5.74, 6) is 0.106. The van der Waals surface area contributed by atoms with Crippen molar-refractivity contribution in [3.63, 3.8) is 0 Å². The molecule has 17 heavy (non-hydrogen) atoms. The molecule has 0 aliphatic heterocycles. The Morgan fingerprint density at radius 2 is 2.18 bits per heavy atom. The molecule has 1 N–H and O–H groups in total. The van der Waals surface area contributed by atoms with Gasteiger partial charge in [0.05, 0.1) is 5.69 Å². The summed E-state index contributed by atoms with van der Waals surface area (Å²) in [5, 5.41) is 2.74. The summed E-state index contributed by atoms with van der Waals surface area (Å²) in [6.07, 6.45) is 6.62. The first-order valence-corrected chi connectivity index (χ1v) is 6.40. The number of rotatable bonds is 7. The van der Waals surface area contributed by atoms with Gasteiger partial charge in [-0.15, -0.1) is 0 Å². The van der Waals surface area contributed by atoms with E-state index in [-0.39, 0.29) is 11.8 Å². The van der Waals surface area contributed by atoms with Crippen LogP contribution in [0.4, 0.5) is 6.01 Å². The van der Waals surface area contributed by atoms with Crippen LogP contribution in [0.5, 0.6) is 0 Å². The van der Waals surface area contributed by atoms with Gasteiger partial charge < -0.3 is 4.42 Å². The lowest BCUT2D eigenvalue weighted by Gasteiger charge is -2.13. The highest BCUT2D eigenvalue weighted by Crippen LogP contribution is 2.17. The number of carbonyl (C=O) groups is 1. The van der Waals surface area contributed by atoms with Crippen LogP contribution in [-0.4, -0.2) is 10.9 Å². The van der Waals surface area contributed by atoms with E-state index < -0.39 is 0 Å². The van der Waals surface area contributed by atoms with Gasteiger partial charge in [0.2, 0.25) is 5.91 Å². The highest BCUT2D eigenvalue weighted by molar-refractivity contribution is 5.90. The Morgan fingerprint density at radius 1 is 1.41 bits per heavy atom. The van der Waals surface area contributed by atoms with Crippen molar-refractivity contribution < 1.29 is 9.21 Å². The number of aryl methyl sites for hydroxylation is 1. The largest absolute Gasteiger partial charge is 0.432 e. The third-order valence-corrected chi connectivity index (χ3v) is 2.76. The number of nitrogens with zero attached hydrogens (tertiary/aromatic N) is 1. The molecular weight excluding hydrogens is 216 g/mol. The van der Waals surface area contributed by atoms with Gasteiger partial charge >= 0.3 is 6.01 Å². The quantitative estimate of drug-likeness (QED) is 0.790. The molecule has 0 radical (unpaired) electrons. The van der Waals surface area contributed by atoms with Crippen molar-refractivity contribution in [2.45, 2.75) is 52.9 Å². The molecule has 1 amide bonds. The fourth-order valence-electron chi connectivity index (χ4n) is 1.82. The lowest BCUT2D eigenvalue weighted by molar-refractivity contribution is -0.120. The van der Waals surface area contributed by atoms with Crippen LogP contribution in [0.15, 0.2) is 10.7 Å². The van der Waals surface area contributed by atoms with Crippen LogP contribution in [0.25, 0.3) is 0 Å². The molecule has 4 heteroatoms. The van der Waals surface area contributed by atoms with Crippen molar-refractivity contribution in [3.05, 3.63) is 12.0 Å². The summed E-state index contributed by atoms with van der Waals surface area (Å²) in [5.41, 5.74) is 0.779. The van der Waals surface area contributed by atoms with Crippen LogP contribution in [0.3, 0.4) is 0 Å². The van der Waals surface area contributed by atoms with Crippen molar-refractivity contribution in [1.82, 2.24) is 4.98 Å². The summed E-state index contributed by atoms with van der Waals surface area (Å²) in [7, 11) is 0. The number of carbonyl (C=O) groups excluding carboxylic acids is 1. The van der Waals surface area contributed by atoms with Crippen LogP contribution in [-0.2, 0) is 4.79 Å². The molecule has 1 aromatic rings. The lowest BCUT2D eigenvalue weighted by atomic mass is 9.96. The molecule has 1 unspecified atom stereocenters. The number of hydrogen-bond acceptors (Lipinski definition) is 3. The molecule has 0 spiro atoms. The average Bonchev–Trinajstić information content (AvgIpc) is 2.70. The normalized spacial score (nSPS) is 12.4. The third-order valence-electron chi connectivity index (χ3n) is 2.76. The highest BCUT2D eigenvalue weighted by atomic mass is 16.4. The number of oxazole rings is 1. The Kier molecular flexibility index (Phi) is 5.73. The second-order valence-electron chi connectivity index (χ2n) is 4.41. The van der Waals surface area contributed by atoms with E-state index in [2.05, 4.69) is 24.1 Å². The zero-order chi connectivity index (χ0) is 12.7. The molecule has 0 aromatic carbocycles. The maximum Gasteiger partial charge on any atom is 0.301 e. The Morgan fingerprint density at radius 3 is 2.71 bits per heavy atom. The Hall–Kier alpha value is -1.32. The SMILES string of the molecule is CCCCC(CCC)C(=O)Nc1nc(C)co1. The van der Waals surface area contributed by atoms with E-state index in [0.29, 0.717) is 6.01 Å². The van der Waals surface area contributed by atoms with Crippen molar-refractivity contribution >= 4 is 11.9 Å². The van der Waals surface area contributed by atoms with Gasteiger partial charge in [-0.2, -0.15) is 4.98 Å². The van der Waals surface area contributed by atoms with E-state index >= 15 is 0 Å². The Labute approximate surface area is 103 Å². The van der Waals surface area contributed by atoms with E-state index in [0.717, 1.165) is 37.8 Å². The van der Waals surface area contributed by atoms with E-state index in [4.69, 9.17) is 4.42 Å². The number of aromatic nitrogens is 1. The maximum atomic E-state index is 12.0. The van der Waals surface area contributed by atoms with Crippen molar-refractivity contribution in [2.24, 2.45) is 5.92 Å². The number of anilines is 1. The average molecular weight is 238 g/mol. The molecule has 1 aromatic heterocycles. The first-order valence-electron chi connectivity index (χ1n) is 6.40. The molecule has 0 fully saturated rings. The maximum absolute atomic E-state index is 12.0. The first-order chi connectivity index (χ1) is 8.17. The molecule has 1 heterocycles. The van der Waals surface area contributed by atoms with Crippen molar-refractivity contribution in [2.75, 3.05) is 5.32 Å². The number of unbranched alkanes of at least 4 members (excludes halogenated alkanes) is 1. The predicted molar refractivity (Wildman–Crippen MR) is 67.8 cm³/mol. The minimum Gasteiger partial charge on any atom is -0.432 e. The summed E-state index contributed by atoms with van der Waals surface area (Å²) in [6.45, 7) is 6.07. The first kappa shape index (κ1) is 13.7. The molecule has 0 bridgehead atoms. The summed E-state index contributed by atoms with van der Waals surface area (Å²) in [6, 6.07) is 0.310. The van der Waals surface area contributed by atoms with E-state index in [1.807, 2.05) is 6.92 Å². The molecule has 0 saturated carbocycles. The second-order valence-corrected chi connectivity index (χ2v) is 4.41. The molecule has 96 valence electrons. The van der Waals surface area contributed by atoms with E-state index in [9.17, 15) is 4.79 Å². The van der Waals surface area contributed by atoms with Gasteiger partial charge in [-0.25, -0.2) is 0 Å². The topological polar surface area (TPSA) is 55.1 Å². The highest BCUT2D eigenvalue weighted by Gasteiger charge is 2.18. The van der Waals surface area contributed by atoms with Gasteiger partial charge in [0.15, 0.2) is 0 Å². The van der Waals surface area contributed by atoms with Crippen LogP contribution in [0, 0.1) is 12.8 Å². The molecule has 0 saturated heterocycles. The summed E-state index contributed by atoms with van der Waals surface area (Å²) < 4.78 is 5.12. The zero-order valence-corrected chi connectivity index (χ0v) is 11.0. The number of nitrogens with one attached hydrogen (secondary N) is 1. The summed E-state index contributed by atoms with van der Waals surface area (Å²) >= 11 is 0. The van der Waals surface area contributed by atoms with E-state index in [1.165, 1.54) is 6.26 Å². The van der Waals surface area contributed by atoms with Crippen LogP contribution in [0.1, 0.15) is 51.6 Å². The Balaban J connectivity index is 2.52. The lowest BCUT2D eigenvalue weighted by Crippen LogP contribution is -2.23. The van der Waals surface area contributed by atoms with Crippen molar-refractivity contribution in [1.29, 1.82) is 0 Å². The third kappa shape index (κ3) is 4.59. The molecule has 1 atom stereocenters. The van der Waals surface area contributed by atoms with E-state index in [1.54, 1.807) is 0 Å². The van der Waals surface area contributed by atoms with Gasteiger partial charge in [0, 0.05) is 5.92 Å². The van der Waals surface area contributed by atoms with Crippen LogP contribution >= 0.6 is 0 Å². The fourth-order valence-corrected chi connectivity index (χ4v) is 1.82. The van der Waals surface area contributed by atoms with Crippen LogP contribution < -0.4 is 5.32 Å². The minimum absolute atomic E-state index is 0.0298. The second kappa shape index (κ2) is 7.09. The molecule has 1 rings (SSSR count). The number of amides is 1. The molecule has 4 nitrogen and oxygen atoms in total. The minimum atomic E-state index is 0.0298. The molecule has 0 aliphatic carbocycles. The number of hydrogen-bond donors (Lipinski definition) is 1. The fraction of sp³-hybridized carbons (Fsp3) is 0.692. The smallest absolute Gasteiger partial charge is 0.301 e. The monoisotopic (exact) mass is 238 g/mol. The van der Waals surface area contributed by atoms with Crippen LogP contribution in [0.2, 0.25) is 0 Å². The summed E-state index contributed by atoms with van der Waals surface area (Å²) in [4.78, 5) is 16.1. The molecule has 0 aliphatic rings. The van der Waals surface area contributed by atoms with Crippen molar-refractivity contribution in [3.8, 4) is 0 Å². The van der Waals surface area contributed by atoms with Gasteiger partial charge in [-0.1, -0.05) is 33.1 Å². The standard InChI is InChI=1S/C13H22N2O2/c1-4-6-8-11(7-5-2)12(16)15-13-14-10(3)9-17-13/h9,11H,4-8H2,1-3H3,(H,14,15,16). The Bertz CT molecular complexity index is 347. The predicted octanol–water partition coefficient (Wildman–Crippen LogP) is 3.53. The molecular formula is C13H22N2O2. The van der Waals surface area contributed by atoms with Gasteiger partial charge in [-0.3, -0.25) is 10.1 Å².